The predicted molar refractivity (Wildman–Crippen MR) is 109 cm³/mol. The Labute approximate surface area is 184 Å². The number of sulfone groups is 1. The van der Waals surface area contributed by atoms with Gasteiger partial charge in [-0.3, -0.25) is 4.79 Å². The van der Waals surface area contributed by atoms with Crippen LogP contribution in [0, 0.1) is 0 Å². The van der Waals surface area contributed by atoms with E-state index >= 15 is 0 Å². The van der Waals surface area contributed by atoms with E-state index in [9.17, 15) is 22.4 Å². The van der Waals surface area contributed by atoms with Gasteiger partial charge in [0.15, 0.2) is 20.8 Å². The van der Waals surface area contributed by atoms with Crippen molar-refractivity contribution in [3.8, 4) is 0 Å². The fourth-order valence-electron chi connectivity index (χ4n) is 2.10. The molecular formula is C16H22Cl3FN2O6S. The van der Waals surface area contributed by atoms with E-state index in [-0.39, 0.29) is 29.5 Å². The quantitative estimate of drug-likeness (QED) is 0.291. The molecule has 0 aliphatic carbocycles. The molecule has 1 amide bonds. The topological polar surface area (TPSA) is 111 Å². The molecule has 2 unspecified atom stereocenters. The lowest BCUT2D eigenvalue weighted by Gasteiger charge is -2.26. The van der Waals surface area contributed by atoms with Crippen LogP contribution in [0.25, 0.3) is 0 Å². The summed E-state index contributed by atoms with van der Waals surface area (Å²) in [6.45, 7) is -0.742. The fourth-order valence-corrected chi connectivity index (χ4v) is 2.86. The molecule has 0 aromatic heterocycles. The molecule has 166 valence electrons. The molecule has 29 heavy (non-hydrogen) atoms. The molecule has 0 saturated heterocycles. The molecule has 13 heteroatoms. The Morgan fingerprint density at radius 1 is 1.21 bits per heavy atom. The number of carbonyl (C=O) groups excluding carboxylic acids is 2. The van der Waals surface area contributed by atoms with Gasteiger partial charge in [-0.25, -0.2) is 17.6 Å². The summed E-state index contributed by atoms with van der Waals surface area (Å²) in [5.41, 5.74) is 0.238. The van der Waals surface area contributed by atoms with Crippen LogP contribution in [0.2, 0.25) is 0 Å². The fraction of sp³-hybridized carbons (Fsp3) is 0.500. The van der Waals surface area contributed by atoms with Crippen molar-refractivity contribution in [2.45, 2.75) is 21.9 Å². The number of nitrogens with one attached hydrogen (secondary N) is 2. The van der Waals surface area contributed by atoms with E-state index in [1.807, 2.05) is 0 Å². The molecule has 2 N–H and O–H groups in total. The lowest BCUT2D eigenvalue weighted by molar-refractivity contribution is -0.121. The first-order valence-corrected chi connectivity index (χ1v) is 10.8. The predicted octanol–water partition coefficient (Wildman–Crippen LogP) is 2.18. The zero-order chi connectivity index (χ0) is 21.3. The highest BCUT2D eigenvalue weighted by Crippen LogP contribution is 2.25. The molecule has 0 fully saturated rings. The highest BCUT2D eigenvalue weighted by Gasteiger charge is 2.31. The SMILES string of the molecule is CNCCOC(=O)OC(c1ccc(S(C)(=O)=O)cc1)C(CF)NC(=O)C(Cl)Cl.Cl. The first-order chi connectivity index (χ1) is 13.1. The minimum absolute atomic E-state index is 0. The van der Waals surface area contributed by atoms with E-state index in [1.165, 1.54) is 24.3 Å². The number of alkyl halides is 3. The van der Waals surface area contributed by atoms with Crippen LogP contribution in [-0.2, 0) is 24.1 Å². The normalized spacial score (nSPS) is 13.2. The molecule has 2 atom stereocenters. The Hall–Kier alpha value is -1.33. The second kappa shape index (κ2) is 13.1. The Morgan fingerprint density at radius 2 is 1.79 bits per heavy atom. The highest BCUT2D eigenvalue weighted by atomic mass is 35.5. The van der Waals surface area contributed by atoms with Gasteiger partial charge in [-0.2, -0.15) is 0 Å². The Balaban J connectivity index is 0.00000784. The molecule has 0 aliphatic heterocycles. The molecule has 1 aromatic carbocycles. The molecule has 0 bridgehead atoms. The van der Waals surface area contributed by atoms with Gasteiger partial charge in [-0.1, -0.05) is 35.3 Å². The highest BCUT2D eigenvalue weighted by molar-refractivity contribution is 7.90. The number of halogens is 4. The van der Waals surface area contributed by atoms with Gasteiger partial charge in [0.2, 0.25) is 0 Å². The Kier molecular flexibility index (Phi) is 12.5. The van der Waals surface area contributed by atoms with Gasteiger partial charge in [-0.15, -0.1) is 12.4 Å². The smallest absolute Gasteiger partial charge is 0.433 e. The molecule has 1 rings (SSSR count). The lowest BCUT2D eigenvalue weighted by atomic mass is 10.0. The van der Waals surface area contributed by atoms with E-state index < -0.39 is 45.6 Å². The van der Waals surface area contributed by atoms with Crippen LogP contribution in [0.4, 0.5) is 9.18 Å². The minimum atomic E-state index is -3.46. The number of benzene rings is 1. The van der Waals surface area contributed by atoms with Crippen molar-refractivity contribution in [2.75, 3.05) is 33.1 Å². The van der Waals surface area contributed by atoms with E-state index in [0.29, 0.717) is 6.54 Å². The molecule has 0 radical (unpaired) electrons. The number of hydrogen-bond acceptors (Lipinski definition) is 7. The van der Waals surface area contributed by atoms with Gasteiger partial charge in [0.1, 0.15) is 13.3 Å². The average Bonchev–Trinajstić information content (AvgIpc) is 2.63. The third kappa shape index (κ3) is 9.35. The van der Waals surface area contributed by atoms with Crippen LogP contribution in [-0.4, -0.2) is 64.5 Å². The van der Waals surface area contributed by atoms with Crippen molar-refractivity contribution in [1.82, 2.24) is 10.6 Å². The molecule has 0 spiro atoms. The van der Waals surface area contributed by atoms with Crippen LogP contribution in [0.5, 0.6) is 0 Å². The van der Waals surface area contributed by atoms with Gasteiger partial charge in [0, 0.05) is 12.8 Å². The summed E-state index contributed by atoms with van der Waals surface area (Å²) in [4.78, 5) is 22.2. The molecule has 8 nitrogen and oxygen atoms in total. The van der Waals surface area contributed by atoms with Crippen LogP contribution in [0.1, 0.15) is 11.7 Å². The third-order valence-electron chi connectivity index (χ3n) is 3.49. The van der Waals surface area contributed by atoms with Crippen LogP contribution >= 0.6 is 35.6 Å². The van der Waals surface area contributed by atoms with Crippen molar-refractivity contribution in [3.63, 3.8) is 0 Å². The lowest BCUT2D eigenvalue weighted by Crippen LogP contribution is -2.44. The summed E-state index contributed by atoms with van der Waals surface area (Å²) in [5.74, 6) is -0.879. The zero-order valence-electron chi connectivity index (χ0n) is 15.6. The number of rotatable bonds is 10. The van der Waals surface area contributed by atoms with Gasteiger partial charge in [0.25, 0.3) is 5.91 Å². The number of likely N-dealkylation sites (N-methyl/N-ethyl adjacent to an activating group) is 1. The molecular weight excluding hydrogens is 474 g/mol. The summed E-state index contributed by atoms with van der Waals surface area (Å²) in [6, 6.07) is 3.91. The molecule has 1 aromatic rings. The number of hydrogen-bond donors (Lipinski definition) is 2. The zero-order valence-corrected chi connectivity index (χ0v) is 18.7. The maximum absolute atomic E-state index is 13.6. The average molecular weight is 496 g/mol. The summed E-state index contributed by atoms with van der Waals surface area (Å²) >= 11 is 10.9. The summed E-state index contributed by atoms with van der Waals surface area (Å²) in [7, 11) is -1.80. The summed E-state index contributed by atoms with van der Waals surface area (Å²) in [6.07, 6.45) is -1.37. The van der Waals surface area contributed by atoms with Crippen LogP contribution in [0.3, 0.4) is 0 Å². The summed E-state index contributed by atoms with van der Waals surface area (Å²) in [5, 5.41) is 5.01. The third-order valence-corrected chi connectivity index (χ3v) is 5.01. The van der Waals surface area contributed by atoms with Crippen LogP contribution in [0.15, 0.2) is 29.2 Å². The van der Waals surface area contributed by atoms with E-state index in [2.05, 4.69) is 10.6 Å². The summed E-state index contributed by atoms with van der Waals surface area (Å²) < 4.78 is 46.8. The maximum Gasteiger partial charge on any atom is 0.509 e. The van der Waals surface area contributed by atoms with Gasteiger partial charge >= 0.3 is 6.16 Å². The van der Waals surface area contributed by atoms with Crippen molar-refractivity contribution >= 4 is 57.5 Å². The molecule has 0 saturated carbocycles. The second-order valence-electron chi connectivity index (χ2n) is 5.65. The first-order valence-electron chi connectivity index (χ1n) is 8.02. The Morgan fingerprint density at radius 3 is 2.24 bits per heavy atom. The van der Waals surface area contributed by atoms with Crippen LogP contribution < -0.4 is 10.6 Å². The van der Waals surface area contributed by atoms with E-state index in [1.54, 1.807) is 7.05 Å². The maximum atomic E-state index is 13.6. The number of amides is 1. The standard InChI is InChI=1S/C16H21Cl2FN2O6S.ClH/c1-20-7-8-26-16(23)27-13(12(9-19)21-15(22)14(17)18)10-3-5-11(6-4-10)28(2,24)25;/h3-6,12-14,20H,7-9H2,1-2H3,(H,21,22);1H. The van der Waals surface area contributed by atoms with Crippen molar-refractivity contribution in [1.29, 1.82) is 0 Å². The second-order valence-corrected chi connectivity index (χ2v) is 8.76. The monoisotopic (exact) mass is 494 g/mol. The van der Waals surface area contributed by atoms with E-state index in [0.717, 1.165) is 6.26 Å². The van der Waals surface area contributed by atoms with Crippen molar-refractivity contribution in [3.05, 3.63) is 29.8 Å². The first kappa shape index (κ1) is 27.7. The van der Waals surface area contributed by atoms with Gasteiger partial charge in [-0.05, 0) is 24.7 Å². The Bertz CT molecular complexity index is 764. The minimum Gasteiger partial charge on any atom is -0.433 e. The van der Waals surface area contributed by atoms with E-state index in [4.69, 9.17) is 32.7 Å². The number of carbonyl (C=O) groups is 2. The van der Waals surface area contributed by atoms with Gasteiger partial charge in [0.05, 0.1) is 10.9 Å². The van der Waals surface area contributed by atoms with Gasteiger partial charge < -0.3 is 20.1 Å². The largest absolute Gasteiger partial charge is 0.509 e. The molecule has 0 aliphatic rings. The molecule has 0 heterocycles. The van der Waals surface area contributed by atoms with Crippen molar-refractivity contribution < 1.29 is 31.9 Å². The number of ether oxygens (including phenoxy) is 2. The van der Waals surface area contributed by atoms with Crippen molar-refractivity contribution in [2.24, 2.45) is 0 Å².